The van der Waals surface area contributed by atoms with Crippen LogP contribution in [0.2, 0.25) is 0 Å². The van der Waals surface area contributed by atoms with Crippen LogP contribution in [0.25, 0.3) is 11.0 Å². The topological polar surface area (TPSA) is 29.9 Å². The summed E-state index contributed by atoms with van der Waals surface area (Å²) in [5.41, 5.74) is 5.27. The zero-order valence-electron chi connectivity index (χ0n) is 18.9. The molecule has 0 bridgehead atoms. The molecule has 1 saturated carbocycles. The number of nitrogens with one attached hydrogen (secondary N) is 1. The van der Waals surface area contributed by atoms with Crippen molar-refractivity contribution in [2.45, 2.75) is 72.8 Å². The fourth-order valence-corrected chi connectivity index (χ4v) is 5.43. The first-order chi connectivity index (χ1) is 14.3. The van der Waals surface area contributed by atoms with Gasteiger partial charge in [-0.25, -0.2) is 9.37 Å². The van der Waals surface area contributed by atoms with Gasteiger partial charge in [-0.15, -0.1) is 0 Å². The first-order valence-corrected chi connectivity index (χ1v) is 11.4. The first-order valence-electron chi connectivity index (χ1n) is 11.4. The number of hydrogen-bond donors (Lipinski definition) is 1. The van der Waals surface area contributed by atoms with Gasteiger partial charge in [0.1, 0.15) is 5.52 Å². The van der Waals surface area contributed by atoms with E-state index >= 15 is 0 Å². The van der Waals surface area contributed by atoms with Gasteiger partial charge in [0, 0.05) is 11.7 Å². The Labute approximate surface area is 179 Å². The molecule has 4 heteroatoms. The summed E-state index contributed by atoms with van der Waals surface area (Å²) in [4.78, 5) is 4.75. The molecule has 1 aliphatic rings. The largest absolute Gasteiger partial charge is 0.325 e. The Balaban J connectivity index is 1.82. The van der Waals surface area contributed by atoms with Crippen molar-refractivity contribution in [3.05, 3.63) is 53.3 Å². The maximum Gasteiger partial charge on any atom is 0.208 e. The number of anilines is 2. The van der Waals surface area contributed by atoms with Gasteiger partial charge < -0.3 is 9.88 Å². The second kappa shape index (κ2) is 8.05. The predicted molar refractivity (Wildman–Crippen MR) is 124 cm³/mol. The van der Waals surface area contributed by atoms with Gasteiger partial charge in [-0.3, -0.25) is 0 Å². The highest BCUT2D eigenvalue weighted by Crippen LogP contribution is 2.46. The summed E-state index contributed by atoms with van der Waals surface area (Å²) in [5, 5.41) is 3.58. The summed E-state index contributed by atoms with van der Waals surface area (Å²) in [6.07, 6.45) is 5.36. The second-order valence-electron chi connectivity index (χ2n) is 9.80. The van der Waals surface area contributed by atoms with E-state index < -0.39 is 0 Å². The highest BCUT2D eigenvalue weighted by atomic mass is 19.1. The molecule has 4 rings (SSSR count). The number of nitrogens with zero attached hydrogens (tertiary/aromatic N) is 2. The Hall–Kier alpha value is -2.36. The van der Waals surface area contributed by atoms with Crippen LogP contribution in [0.4, 0.5) is 16.0 Å². The van der Waals surface area contributed by atoms with Crippen molar-refractivity contribution in [1.82, 2.24) is 9.55 Å². The Kier molecular flexibility index (Phi) is 5.61. The van der Waals surface area contributed by atoms with E-state index in [1.165, 1.54) is 23.6 Å². The van der Waals surface area contributed by atoms with Gasteiger partial charge in [0.2, 0.25) is 5.95 Å². The number of rotatable bonds is 5. The Bertz CT molecular complexity index is 1050. The normalized spacial score (nSPS) is 21.1. The van der Waals surface area contributed by atoms with Crippen LogP contribution < -0.4 is 5.32 Å². The zero-order valence-corrected chi connectivity index (χ0v) is 18.9. The van der Waals surface area contributed by atoms with Gasteiger partial charge in [-0.1, -0.05) is 52.8 Å². The van der Waals surface area contributed by atoms with Crippen LogP contribution in [0.5, 0.6) is 0 Å². The van der Waals surface area contributed by atoms with Crippen molar-refractivity contribution in [2.24, 2.45) is 11.3 Å². The third-order valence-corrected chi connectivity index (χ3v) is 6.61. The molecule has 1 heterocycles. The molecular formula is C26H34FN3. The molecule has 0 aliphatic heterocycles. The number of benzene rings is 2. The van der Waals surface area contributed by atoms with Crippen LogP contribution in [0.1, 0.15) is 71.0 Å². The molecular weight excluding hydrogens is 373 g/mol. The predicted octanol–water partition coefficient (Wildman–Crippen LogP) is 7.43. The average molecular weight is 408 g/mol. The van der Waals surface area contributed by atoms with Crippen molar-refractivity contribution in [3.63, 3.8) is 0 Å². The summed E-state index contributed by atoms with van der Waals surface area (Å²) < 4.78 is 16.9. The minimum Gasteiger partial charge on any atom is -0.325 e. The van der Waals surface area contributed by atoms with Gasteiger partial charge in [0.25, 0.3) is 0 Å². The molecule has 1 fully saturated rings. The zero-order chi connectivity index (χ0) is 21.5. The molecule has 1 aliphatic carbocycles. The van der Waals surface area contributed by atoms with Gasteiger partial charge >= 0.3 is 0 Å². The Morgan fingerprint density at radius 3 is 2.63 bits per heavy atom. The number of fused-ring (bicyclic) bond motifs is 1. The molecule has 160 valence electrons. The van der Waals surface area contributed by atoms with E-state index in [-0.39, 0.29) is 11.2 Å². The lowest BCUT2D eigenvalue weighted by molar-refractivity contribution is 0.140. The second-order valence-corrected chi connectivity index (χ2v) is 9.80. The van der Waals surface area contributed by atoms with E-state index in [0.717, 1.165) is 42.8 Å². The van der Waals surface area contributed by atoms with Gasteiger partial charge in [0.05, 0.1) is 5.52 Å². The van der Waals surface area contributed by atoms with Crippen molar-refractivity contribution in [2.75, 3.05) is 5.32 Å². The summed E-state index contributed by atoms with van der Waals surface area (Å²) in [7, 11) is 0. The number of hydrogen-bond acceptors (Lipinski definition) is 2. The molecule has 2 atom stereocenters. The average Bonchev–Trinajstić information content (AvgIpc) is 3.06. The SMILES string of the molecule is CCc1ccc(Nc2nc3c(F)cccc3n2[C@@H]2C[C@H](C)CC(C)(C)C2)c(CC)c1. The molecule has 0 radical (unpaired) electrons. The molecule has 1 N–H and O–H groups in total. The van der Waals surface area contributed by atoms with E-state index in [1.807, 2.05) is 6.07 Å². The summed E-state index contributed by atoms with van der Waals surface area (Å²) >= 11 is 0. The maximum absolute atomic E-state index is 14.7. The highest BCUT2D eigenvalue weighted by molar-refractivity contribution is 5.81. The van der Waals surface area contributed by atoms with E-state index in [4.69, 9.17) is 4.98 Å². The van der Waals surface area contributed by atoms with E-state index in [9.17, 15) is 4.39 Å². The van der Waals surface area contributed by atoms with Crippen molar-refractivity contribution >= 4 is 22.7 Å². The fraction of sp³-hybridized carbons (Fsp3) is 0.500. The van der Waals surface area contributed by atoms with E-state index in [1.54, 1.807) is 6.07 Å². The van der Waals surface area contributed by atoms with Crippen LogP contribution >= 0.6 is 0 Å². The van der Waals surface area contributed by atoms with Crippen molar-refractivity contribution < 1.29 is 4.39 Å². The minimum atomic E-state index is -0.255. The summed E-state index contributed by atoms with van der Waals surface area (Å²) in [6.45, 7) is 11.4. The van der Waals surface area contributed by atoms with Crippen molar-refractivity contribution in [3.8, 4) is 0 Å². The molecule has 3 aromatic rings. The lowest BCUT2D eigenvalue weighted by Crippen LogP contribution is -2.29. The quantitative estimate of drug-likeness (QED) is 0.476. The van der Waals surface area contributed by atoms with Crippen LogP contribution in [-0.2, 0) is 12.8 Å². The molecule has 1 aromatic heterocycles. The van der Waals surface area contributed by atoms with E-state index in [0.29, 0.717) is 17.5 Å². The smallest absolute Gasteiger partial charge is 0.208 e. The third kappa shape index (κ3) is 3.97. The van der Waals surface area contributed by atoms with Gasteiger partial charge in [-0.05, 0) is 72.8 Å². The van der Waals surface area contributed by atoms with Gasteiger partial charge in [-0.2, -0.15) is 0 Å². The number of aryl methyl sites for hydroxylation is 2. The Morgan fingerprint density at radius 2 is 1.93 bits per heavy atom. The molecule has 0 spiro atoms. The summed E-state index contributed by atoms with van der Waals surface area (Å²) in [6, 6.07) is 12.2. The molecule has 0 saturated heterocycles. The molecule has 0 amide bonds. The van der Waals surface area contributed by atoms with Crippen LogP contribution in [0.3, 0.4) is 0 Å². The first kappa shape index (κ1) is 20.9. The molecule has 0 unspecified atom stereocenters. The molecule has 2 aromatic carbocycles. The van der Waals surface area contributed by atoms with E-state index in [2.05, 4.69) is 62.7 Å². The maximum atomic E-state index is 14.7. The lowest BCUT2D eigenvalue weighted by atomic mass is 9.70. The standard InChI is InChI=1S/C26H34FN3/c1-6-18-11-12-22(19(7-2)14-18)28-25-29-24-21(27)9-8-10-23(24)30(25)20-13-17(3)15-26(4,5)16-20/h8-12,14,17,20H,6-7,13,15-16H2,1-5H3,(H,28,29)/t17-,20+/m0/s1. The van der Waals surface area contributed by atoms with Crippen LogP contribution in [0.15, 0.2) is 36.4 Å². The molecule has 3 nitrogen and oxygen atoms in total. The number of para-hydroxylation sites is 1. The fourth-order valence-electron chi connectivity index (χ4n) is 5.43. The number of halogens is 1. The van der Waals surface area contributed by atoms with Crippen LogP contribution in [-0.4, -0.2) is 9.55 Å². The Morgan fingerprint density at radius 1 is 1.13 bits per heavy atom. The lowest BCUT2D eigenvalue weighted by Gasteiger charge is -2.40. The van der Waals surface area contributed by atoms with Crippen LogP contribution in [0, 0.1) is 17.2 Å². The monoisotopic (exact) mass is 407 g/mol. The third-order valence-electron chi connectivity index (χ3n) is 6.61. The molecule has 30 heavy (non-hydrogen) atoms. The number of aromatic nitrogens is 2. The highest BCUT2D eigenvalue weighted by Gasteiger charge is 2.35. The van der Waals surface area contributed by atoms with Crippen molar-refractivity contribution in [1.29, 1.82) is 0 Å². The van der Waals surface area contributed by atoms with Gasteiger partial charge in [0.15, 0.2) is 5.82 Å². The number of imidazole rings is 1. The minimum absolute atomic E-state index is 0.255. The summed E-state index contributed by atoms with van der Waals surface area (Å²) in [5.74, 6) is 1.13.